The van der Waals surface area contributed by atoms with E-state index in [0.717, 1.165) is 24.3 Å². The number of hydrogen-bond donors (Lipinski definition) is 1. The molecule has 3 nitrogen and oxygen atoms in total. The number of rotatable bonds is 2. The molecule has 2 heterocycles. The van der Waals surface area contributed by atoms with E-state index in [-0.39, 0.29) is 11.8 Å². The van der Waals surface area contributed by atoms with E-state index in [1.807, 2.05) is 22.4 Å². The molecule has 0 aliphatic carbocycles. The van der Waals surface area contributed by atoms with Crippen molar-refractivity contribution in [3.63, 3.8) is 0 Å². The lowest BCUT2D eigenvalue weighted by atomic mass is 9.98. The van der Waals surface area contributed by atoms with Crippen molar-refractivity contribution in [3.05, 3.63) is 22.4 Å². The molecule has 0 radical (unpaired) electrons. The van der Waals surface area contributed by atoms with Gasteiger partial charge in [0.2, 0.25) is 0 Å². The Balaban J connectivity index is 2.05. The van der Waals surface area contributed by atoms with E-state index >= 15 is 0 Å². The summed E-state index contributed by atoms with van der Waals surface area (Å²) in [5.74, 6) is 0.295. The first kappa shape index (κ1) is 11.5. The van der Waals surface area contributed by atoms with Crippen LogP contribution in [0.15, 0.2) is 17.5 Å². The molecule has 2 N–H and O–H groups in total. The van der Waals surface area contributed by atoms with Crippen LogP contribution in [-0.4, -0.2) is 28.9 Å². The summed E-state index contributed by atoms with van der Waals surface area (Å²) in [7, 11) is 0. The lowest BCUT2D eigenvalue weighted by Crippen LogP contribution is -2.43. The van der Waals surface area contributed by atoms with Crippen LogP contribution in [-0.2, 0) is 0 Å². The van der Waals surface area contributed by atoms with E-state index in [2.05, 4.69) is 0 Å². The first-order chi connectivity index (χ1) is 7.68. The summed E-state index contributed by atoms with van der Waals surface area (Å²) >= 11 is 6.48. The molecule has 16 heavy (non-hydrogen) atoms. The van der Waals surface area contributed by atoms with Crippen molar-refractivity contribution in [2.75, 3.05) is 13.1 Å². The maximum Gasteiger partial charge on any atom is 0.263 e. The minimum absolute atomic E-state index is 0.107. The van der Waals surface area contributed by atoms with Gasteiger partial charge >= 0.3 is 0 Å². The molecule has 0 bridgehead atoms. The van der Waals surface area contributed by atoms with Crippen molar-refractivity contribution in [2.45, 2.75) is 12.8 Å². The molecule has 1 fully saturated rings. The summed E-state index contributed by atoms with van der Waals surface area (Å²) < 4.78 is 0. The minimum atomic E-state index is 0.107. The summed E-state index contributed by atoms with van der Waals surface area (Å²) in [6, 6.07) is 3.75. The Bertz CT molecular complexity index is 389. The first-order valence-electron chi connectivity index (χ1n) is 5.30. The van der Waals surface area contributed by atoms with Gasteiger partial charge in [0.25, 0.3) is 5.91 Å². The van der Waals surface area contributed by atoms with Gasteiger partial charge in [0.1, 0.15) is 0 Å². The number of thiocarbonyl (C=S) groups is 1. The van der Waals surface area contributed by atoms with Gasteiger partial charge in [0, 0.05) is 19.0 Å². The summed E-state index contributed by atoms with van der Waals surface area (Å²) in [5, 5.41) is 1.92. The van der Waals surface area contributed by atoms with Gasteiger partial charge in [-0.1, -0.05) is 18.3 Å². The van der Waals surface area contributed by atoms with E-state index in [1.165, 1.54) is 11.3 Å². The van der Waals surface area contributed by atoms with E-state index in [0.29, 0.717) is 11.5 Å². The van der Waals surface area contributed by atoms with Crippen molar-refractivity contribution in [1.29, 1.82) is 0 Å². The van der Waals surface area contributed by atoms with Crippen LogP contribution < -0.4 is 5.73 Å². The molecule has 1 aliphatic heterocycles. The predicted octanol–water partition coefficient (Wildman–Crippen LogP) is 1.89. The summed E-state index contributed by atoms with van der Waals surface area (Å²) in [6.07, 6.45) is 1.99. The topological polar surface area (TPSA) is 46.3 Å². The van der Waals surface area contributed by atoms with Crippen LogP contribution >= 0.6 is 23.6 Å². The van der Waals surface area contributed by atoms with Crippen molar-refractivity contribution >= 4 is 34.5 Å². The molecular weight excluding hydrogens is 240 g/mol. The second-order valence-electron chi connectivity index (χ2n) is 3.97. The zero-order valence-electron chi connectivity index (χ0n) is 8.89. The Hall–Kier alpha value is -0.940. The second kappa shape index (κ2) is 4.93. The Morgan fingerprint density at radius 1 is 1.62 bits per heavy atom. The fourth-order valence-electron chi connectivity index (χ4n) is 1.95. The van der Waals surface area contributed by atoms with E-state index in [4.69, 9.17) is 18.0 Å². The summed E-state index contributed by atoms with van der Waals surface area (Å²) in [5.41, 5.74) is 5.64. The summed E-state index contributed by atoms with van der Waals surface area (Å²) in [6.45, 7) is 1.49. The third kappa shape index (κ3) is 2.41. The van der Waals surface area contributed by atoms with Gasteiger partial charge in [-0.25, -0.2) is 0 Å². The monoisotopic (exact) mass is 254 g/mol. The van der Waals surface area contributed by atoms with Crippen LogP contribution in [0.5, 0.6) is 0 Å². The number of carbonyl (C=O) groups is 1. The molecule has 2 rings (SSSR count). The number of nitrogens with two attached hydrogens (primary N) is 1. The van der Waals surface area contributed by atoms with Gasteiger partial charge in [-0.15, -0.1) is 11.3 Å². The Morgan fingerprint density at radius 2 is 2.44 bits per heavy atom. The quantitative estimate of drug-likeness (QED) is 0.820. The van der Waals surface area contributed by atoms with E-state index in [9.17, 15) is 4.79 Å². The smallest absolute Gasteiger partial charge is 0.263 e. The molecule has 0 saturated carbocycles. The largest absolute Gasteiger partial charge is 0.393 e. The number of piperidine rings is 1. The average Bonchev–Trinajstić information content (AvgIpc) is 2.81. The van der Waals surface area contributed by atoms with Crippen molar-refractivity contribution in [3.8, 4) is 0 Å². The highest BCUT2D eigenvalue weighted by atomic mass is 32.1. The normalized spacial score (nSPS) is 20.8. The highest BCUT2D eigenvalue weighted by molar-refractivity contribution is 7.80. The maximum absolute atomic E-state index is 12.1. The van der Waals surface area contributed by atoms with Gasteiger partial charge in [0.05, 0.1) is 9.87 Å². The molecular formula is C11H14N2OS2. The van der Waals surface area contributed by atoms with Gasteiger partial charge in [0.15, 0.2) is 0 Å². The minimum Gasteiger partial charge on any atom is -0.393 e. The SMILES string of the molecule is NC(=S)C1CCCN(C(=O)c2cccs2)C1. The van der Waals surface area contributed by atoms with Crippen molar-refractivity contribution in [2.24, 2.45) is 11.7 Å². The number of hydrogen-bond acceptors (Lipinski definition) is 3. The zero-order valence-corrected chi connectivity index (χ0v) is 10.5. The molecule has 5 heteroatoms. The average molecular weight is 254 g/mol. The molecule has 86 valence electrons. The number of amides is 1. The van der Waals surface area contributed by atoms with Crippen molar-refractivity contribution in [1.82, 2.24) is 4.90 Å². The molecule has 1 unspecified atom stereocenters. The van der Waals surface area contributed by atoms with Crippen LogP contribution in [0.25, 0.3) is 0 Å². The lowest BCUT2D eigenvalue weighted by Gasteiger charge is -2.31. The lowest BCUT2D eigenvalue weighted by molar-refractivity contribution is 0.0708. The van der Waals surface area contributed by atoms with Crippen LogP contribution in [0.3, 0.4) is 0 Å². The zero-order chi connectivity index (χ0) is 11.5. The maximum atomic E-state index is 12.1. The fraction of sp³-hybridized carbons (Fsp3) is 0.455. The Morgan fingerprint density at radius 3 is 3.06 bits per heavy atom. The molecule has 0 spiro atoms. The highest BCUT2D eigenvalue weighted by Crippen LogP contribution is 2.20. The summed E-state index contributed by atoms with van der Waals surface area (Å²) in [4.78, 5) is 15.3. The molecule has 1 amide bonds. The van der Waals surface area contributed by atoms with Crippen LogP contribution in [0.2, 0.25) is 0 Å². The molecule has 0 aromatic carbocycles. The predicted molar refractivity (Wildman–Crippen MR) is 69.7 cm³/mol. The molecule has 1 aliphatic rings. The third-order valence-corrected chi connectivity index (χ3v) is 4.03. The molecule has 1 aromatic heterocycles. The third-order valence-electron chi connectivity index (χ3n) is 2.84. The Labute approximate surface area is 104 Å². The van der Waals surface area contributed by atoms with Gasteiger partial charge < -0.3 is 10.6 Å². The number of carbonyl (C=O) groups excluding carboxylic acids is 1. The van der Waals surface area contributed by atoms with Crippen molar-refractivity contribution < 1.29 is 4.79 Å². The molecule has 1 saturated heterocycles. The number of nitrogens with zero attached hydrogens (tertiary/aromatic N) is 1. The Kier molecular flexibility index (Phi) is 3.56. The standard InChI is InChI=1S/C11H14N2OS2/c12-10(15)8-3-1-5-13(7-8)11(14)9-4-2-6-16-9/h2,4,6,8H,1,3,5,7H2,(H2,12,15). The van der Waals surface area contributed by atoms with Crippen LogP contribution in [0.1, 0.15) is 22.5 Å². The van der Waals surface area contributed by atoms with E-state index in [1.54, 1.807) is 0 Å². The highest BCUT2D eigenvalue weighted by Gasteiger charge is 2.26. The van der Waals surface area contributed by atoms with Crippen LogP contribution in [0.4, 0.5) is 0 Å². The van der Waals surface area contributed by atoms with Gasteiger partial charge in [-0.05, 0) is 24.3 Å². The second-order valence-corrected chi connectivity index (χ2v) is 5.39. The van der Waals surface area contributed by atoms with Gasteiger partial charge in [-0.3, -0.25) is 4.79 Å². The van der Waals surface area contributed by atoms with Crippen LogP contribution in [0, 0.1) is 5.92 Å². The number of thiophene rings is 1. The first-order valence-corrected chi connectivity index (χ1v) is 6.59. The van der Waals surface area contributed by atoms with Gasteiger partial charge in [-0.2, -0.15) is 0 Å². The fourth-order valence-corrected chi connectivity index (χ4v) is 2.83. The number of likely N-dealkylation sites (tertiary alicyclic amines) is 1. The molecule has 1 aromatic rings. The van der Waals surface area contributed by atoms with E-state index < -0.39 is 0 Å². The molecule has 1 atom stereocenters.